The van der Waals surface area contributed by atoms with Gasteiger partial charge in [-0.05, 0) is 54.0 Å². The Kier molecular flexibility index (Phi) is 3.47. The van der Waals surface area contributed by atoms with Crippen molar-refractivity contribution in [3.05, 3.63) is 77.2 Å². The van der Waals surface area contributed by atoms with Crippen LogP contribution in [0.4, 0.5) is 8.78 Å². The summed E-state index contributed by atoms with van der Waals surface area (Å²) >= 11 is 0. The van der Waals surface area contributed by atoms with Gasteiger partial charge in [-0.3, -0.25) is 0 Å². The van der Waals surface area contributed by atoms with Gasteiger partial charge < -0.3 is 10.6 Å². The first kappa shape index (κ1) is 13.8. The normalized spacial score (nSPS) is 19.1. The van der Waals surface area contributed by atoms with E-state index < -0.39 is 0 Å². The zero-order valence-electron chi connectivity index (χ0n) is 11.7. The molecule has 0 saturated carbocycles. The molecule has 0 spiro atoms. The van der Waals surface area contributed by atoms with Gasteiger partial charge in [0, 0.05) is 24.5 Å². The Morgan fingerprint density at radius 3 is 2.52 bits per heavy atom. The van der Waals surface area contributed by atoms with Gasteiger partial charge >= 0.3 is 0 Å². The number of halogens is 2. The zero-order chi connectivity index (χ0) is 15.0. The van der Waals surface area contributed by atoms with Crippen molar-refractivity contribution in [1.82, 2.24) is 4.90 Å². The van der Waals surface area contributed by atoms with E-state index in [4.69, 9.17) is 5.73 Å². The van der Waals surface area contributed by atoms with Crippen LogP contribution in [-0.4, -0.2) is 17.5 Å². The number of nitrogens with two attached hydrogens (primary N) is 1. The van der Waals surface area contributed by atoms with E-state index in [9.17, 15) is 8.78 Å². The SMILES string of the molecule is CC(N)C1=C(c2ccc(F)cc2)CN2C=C(F)C=CC2=C1. The summed E-state index contributed by atoms with van der Waals surface area (Å²) in [4.78, 5) is 1.83. The minimum atomic E-state index is -0.283. The van der Waals surface area contributed by atoms with E-state index in [1.54, 1.807) is 18.2 Å². The van der Waals surface area contributed by atoms with Crippen molar-refractivity contribution >= 4 is 5.57 Å². The van der Waals surface area contributed by atoms with Crippen LogP contribution >= 0.6 is 0 Å². The molecule has 0 saturated heterocycles. The molecule has 0 radical (unpaired) electrons. The van der Waals surface area contributed by atoms with Crippen molar-refractivity contribution in [3.63, 3.8) is 0 Å². The molecule has 0 bridgehead atoms. The number of rotatable bonds is 2. The van der Waals surface area contributed by atoms with E-state index in [0.29, 0.717) is 6.54 Å². The summed E-state index contributed by atoms with van der Waals surface area (Å²) in [6.07, 6.45) is 6.60. The fourth-order valence-electron chi connectivity index (χ4n) is 2.62. The van der Waals surface area contributed by atoms with Gasteiger partial charge in [-0.2, -0.15) is 0 Å². The third-order valence-electron chi connectivity index (χ3n) is 3.69. The first-order valence-corrected chi connectivity index (χ1v) is 6.83. The number of hydrogen-bond acceptors (Lipinski definition) is 2. The highest BCUT2D eigenvalue weighted by Crippen LogP contribution is 2.32. The first-order chi connectivity index (χ1) is 10.0. The Hall–Kier alpha value is -2.20. The summed E-state index contributed by atoms with van der Waals surface area (Å²) in [6, 6.07) is 6.15. The number of benzene rings is 1. The summed E-state index contributed by atoms with van der Waals surface area (Å²) in [7, 11) is 0. The molecule has 4 heteroatoms. The fourth-order valence-corrected chi connectivity index (χ4v) is 2.62. The molecule has 21 heavy (non-hydrogen) atoms. The molecule has 1 unspecified atom stereocenters. The number of hydrogen-bond donors (Lipinski definition) is 1. The highest BCUT2D eigenvalue weighted by Gasteiger charge is 2.22. The second-order valence-corrected chi connectivity index (χ2v) is 5.27. The molecule has 0 amide bonds. The summed E-state index contributed by atoms with van der Waals surface area (Å²) in [5, 5.41) is 0. The average Bonchev–Trinajstić information content (AvgIpc) is 2.46. The van der Waals surface area contributed by atoms with Crippen LogP contribution in [0.2, 0.25) is 0 Å². The zero-order valence-corrected chi connectivity index (χ0v) is 11.7. The Morgan fingerprint density at radius 1 is 1.14 bits per heavy atom. The monoisotopic (exact) mass is 286 g/mol. The Bertz CT molecular complexity index is 679. The van der Waals surface area contributed by atoms with Gasteiger partial charge in [0.05, 0.1) is 0 Å². The molecule has 2 aliphatic heterocycles. The summed E-state index contributed by atoms with van der Waals surface area (Å²) < 4.78 is 26.5. The van der Waals surface area contributed by atoms with Crippen molar-refractivity contribution < 1.29 is 8.78 Å². The van der Waals surface area contributed by atoms with E-state index in [2.05, 4.69) is 0 Å². The molecule has 0 fully saturated rings. The first-order valence-electron chi connectivity index (χ1n) is 6.83. The molecule has 0 aromatic heterocycles. The minimum absolute atomic E-state index is 0.149. The van der Waals surface area contributed by atoms with Crippen LogP contribution in [0, 0.1) is 5.82 Å². The standard InChI is InChI=1S/C17H16F2N2/c1-11(20)16-8-15-7-6-14(19)9-21(15)10-17(16)12-2-4-13(18)5-3-12/h2-9,11H,10,20H2,1H3. The van der Waals surface area contributed by atoms with E-state index in [1.807, 2.05) is 17.9 Å². The van der Waals surface area contributed by atoms with Crippen LogP contribution in [0.25, 0.3) is 5.57 Å². The lowest BCUT2D eigenvalue weighted by Crippen LogP contribution is -2.29. The molecule has 3 rings (SSSR count). The van der Waals surface area contributed by atoms with E-state index >= 15 is 0 Å². The Balaban J connectivity index is 2.08. The molecule has 0 aliphatic carbocycles. The van der Waals surface area contributed by atoms with Crippen LogP contribution in [0.1, 0.15) is 12.5 Å². The molecular weight excluding hydrogens is 270 g/mol. The van der Waals surface area contributed by atoms with Gasteiger partial charge in [0.15, 0.2) is 0 Å². The smallest absolute Gasteiger partial charge is 0.139 e. The summed E-state index contributed by atoms with van der Waals surface area (Å²) in [5.41, 5.74) is 9.87. The van der Waals surface area contributed by atoms with Gasteiger partial charge in [-0.25, -0.2) is 8.78 Å². The lowest BCUT2D eigenvalue weighted by atomic mass is 9.91. The third kappa shape index (κ3) is 2.67. The van der Waals surface area contributed by atoms with Crippen molar-refractivity contribution in [2.24, 2.45) is 5.73 Å². The Labute approximate surface area is 122 Å². The fraction of sp³-hybridized carbons (Fsp3) is 0.176. The van der Waals surface area contributed by atoms with Gasteiger partial charge in [0.25, 0.3) is 0 Å². The van der Waals surface area contributed by atoms with Crippen molar-refractivity contribution in [1.29, 1.82) is 0 Å². The second kappa shape index (κ2) is 5.30. The van der Waals surface area contributed by atoms with Gasteiger partial charge in [0.1, 0.15) is 11.6 Å². The van der Waals surface area contributed by atoms with Gasteiger partial charge in [-0.15, -0.1) is 0 Å². The maximum absolute atomic E-state index is 13.4. The van der Waals surface area contributed by atoms with Crippen LogP contribution < -0.4 is 5.73 Å². The highest BCUT2D eigenvalue weighted by atomic mass is 19.1. The number of allylic oxidation sites excluding steroid dienone is 3. The summed E-state index contributed by atoms with van der Waals surface area (Å²) in [5.74, 6) is -0.560. The maximum atomic E-state index is 13.4. The molecule has 2 aliphatic rings. The molecule has 2 nitrogen and oxygen atoms in total. The number of fused-ring (bicyclic) bond motifs is 1. The molecule has 2 heterocycles. The largest absolute Gasteiger partial charge is 0.341 e. The predicted octanol–water partition coefficient (Wildman–Crippen LogP) is 3.51. The quantitative estimate of drug-likeness (QED) is 0.901. The van der Waals surface area contributed by atoms with E-state index in [1.165, 1.54) is 24.4 Å². The minimum Gasteiger partial charge on any atom is -0.341 e. The van der Waals surface area contributed by atoms with E-state index in [0.717, 1.165) is 22.4 Å². The lowest BCUT2D eigenvalue weighted by molar-refractivity contribution is 0.494. The van der Waals surface area contributed by atoms with Crippen LogP contribution in [0.3, 0.4) is 0 Å². The lowest BCUT2D eigenvalue weighted by Gasteiger charge is -2.32. The van der Waals surface area contributed by atoms with Crippen LogP contribution in [0.5, 0.6) is 0 Å². The highest BCUT2D eigenvalue weighted by molar-refractivity contribution is 5.75. The Morgan fingerprint density at radius 2 is 1.86 bits per heavy atom. The predicted molar refractivity (Wildman–Crippen MR) is 80.1 cm³/mol. The van der Waals surface area contributed by atoms with Gasteiger partial charge in [-0.1, -0.05) is 12.1 Å². The van der Waals surface area contributed by atoms with Crippen molar-refractivity contribution in [2.45, 2.75) is 13.0 Å². The van der Waals surface area contributed by atoms with Gasteiger partial charge in [0.2, 0.25) is 0 Å². The van der Waals surface area contributed by atoms with Crippen molar-refractivity contribution in [3.8, 4) is 0 Å². The topological polar surface area (TPSA) is 29.3 Å². The molecule has 1 aromatic rings. The van der Waals surface area contributed by atoms with Crippen LogP contribution in [0.15, 0.2) is 65.8 Å². The molecule has 1 aromatic carbocycles. The van der Waals surface area contributed by atoms with E-state index in [-0.39, 0.29) is 17.7 Å². The second-order valence-electron chi connectivity index (χ2n) is 5.27. The number of nitrogens with zero attached hydrogens (tertiary/aromatic N) is 1. The summed E-state index contributed by atoms with van der Waals surface area (Å²) in [6.45, 7) is 2.43. The average molecular weight is 286 g/mol. The van der Waals surface area contributed by atoms with Crippen LogP contribution in [-0.2, 0) is 0 Å². The maximum Gasteiger partial charge on any atom is 0.139 e. The molecule has 108 valence electrons. The van der Waals surface area contributed by atoms with Crippen molar-refractivity contribution in [2.75, 3.05) is 6.54 Å². The third-order valence-corrected chi connectivity index (χ3v) is 3.69. The molecular formula is C17H16F2N2. The molecule has 1 atom stereocenters. The molecule has 2 N–H and O–H groups in total.